The van der Waals surface area contributed by atoms with Crippen LogP contribution < -0.4 is 25.4 Å². The number of amides is 1. The first-order valence-electron chi connectivity index (χ1n) is 11.4. The van der Waals surface area contributed by atoms with E-state index in [1.807, 2.05) is 20.2 Å². The van der Waals surface area contributed by atoms with Crippen molar-refractivity contribution in [3.63, 3.8) is 0 Å². The number of likely N-dealkylation sites (N-methyl/N-ethyl adjacent to an activating group) is 1. The van der Waals surface area contributed by atoms with Crippen LogP contribution in [0.1, 0.15) is 25.8 Å². The normalized spacial score (nSPS) is 14.0. The highest BCUT2D eigenvalue weighted by atomic mass is 19.1. The van der Waals surface area contributed by atoms with E-state index in [4.69, 9.17) is 9.47 Å². The topological polar surface area (TPSA) is 87.8 Å². The average molecular weight is 484 g/mol. The summed E-state index contributed by atoms with van der Waals surface area (Å²) in [6.45, 7) is 9.67. The minimum absolute atomic E-state index is 0.0548. The molecule has 2 heterocycles. The van der Waals surface area contributed by atoms with Gasteiger partial charge in [0, 0.05) is 48.2 Å². The Morgan fingerprint density at radius 3 is 2.80 bits per heavy atom. The highest BCUT2D eigenvalue weighted by Gasteiger charge is 2.25. The number of rotatable bonds is 11. The smallest absolute Gasteiger partial charge is 0.255 e. The molecule has 0 bridgehead atoms. The van der Waals surface area contributed by atoms with E-state index in [9.17, 15) is 9.18 Å². The van der Waals surface area contributed by atoms with Gasteiger partial charge in [-0.05, 0) is 46.1 Å². The lowest BCUT2D eigenvalue weighted by molar-refractivity contribution is -0.117. The third-order valence-electron chi connectivity index (χ3n) is 6.10. The summed E-state index contributed by atoms with van der Waals surface area (Å²) in [7, 11) is 5.41. The Balaban J connectivity index is 1.79. The van der Waals surface area contributed by atoms with Gasteiger partial charge in [0.15, 0.2) is 11.6 Å². The first-order chi connectivity index (χ1) is 16.6. The third kappa shape index (κ3) is 6.30. The van der Waals surface area contributed by atoms with Crippen molar-refractivity contribution >= 4 is 11.6 Å². The van der Waals surface area contributed by atoms with Crippen molar-refractivity contribution < 1.29 is 18.7 Å². The van der Waals surface area contributed by atoms with Crippen LogP contribution in [0.15, 0.2) is 60.2 Å². The van der Waals surface area contributed by atoms with Gasteiger partial charge in [-0.25, -0.2) is 4.39 Å². The molecule has 1 aliphatic rings. The molecule has 0 fully saturated rings. The minimum Gasteiger partial charge on any atom is -0.492 e. The summed E-state index contributed by atoms with van der Waals surface area (Å²) in [6.07, 6.45) is 4.00. The number of methoxy groups -OCH3 is 1. The van der Waals surface area contributed by atoms with Gasteiger partial charge in [0.25, 0.3) is 5.91 Å². The van der Waals surface area contributed by atoms with Crippen molar-refractivity contribution in [1.82, 2.24) is 20.5 Å². The van der Waals surface area contributed by atoms with Crippen molar-refractivity contribution in [1.29, 1.82) is 0 Å². The number of pyridine rings is 1. The highest BCUT2D eigenvalue weighted by Crippen LogP contribution is 2.30. The van der Waals surface area contributed by atoms with Crippen LogP contribution in [0, 0.1) is 5.82 Å². The van der Waals surface area contributed by atoms with Crippen LogP contribution in [0.2, 0.25) is 0 Å². The number of halogens is 1. The van der Waals surface area contributed by atoms with Crippen LogP contribution in [-0.2, 0) is 11.3 Å². The predicted octanol–water partition coefficient (Wildman–Crippen LogP) is 3.44. The number of hydrogen-bond acceptors (Lipinski definition) is 7. The van der Waals surface area contributed by atoms with Crippen molar-refractivity contribution in [2.75, 3.05) is 39.7 Å². The first-order valence-corrected chi connectivity index (χ1v) is 11.4. The number of nitrogens with one attached hydrogen (secondary N) is 3. The monoisotopic (exact) mass is 483 g/mol. The van der Waals surface area contributed by atoms with E-state index in [0.29, 0.717) is 48.8 Å². The largest absolute Gasteiger partial charge is 0.492 e. The molecular formula is C26H34FN5O3. The lowest BCUT2D eigenvalue weighted by atomic mass is 10.0. The van der Waals surface area contributed by atoms with Gasteiger partial charge >= 0.3 is 0 Å². The van der Waals surface area contributed by atoms with E-state index in [0.717, 1.165) is 11.3 Å². The summed E-state index contributed by atoms with van der Waals surface area (Å²) in [4.78, 5) is 19.1. The summed E-state index contributed by atoms with van der Waals surface area (Å²) in [5, 5.41) is 9.26. The Morgan fingerprint density at radius 2 is 2.09 bits per heavy atom. The molecule has 2 aromatic rings. The molecule has 0 radical (unpaired) electrons. The number of carbonyl (C=O) groups is 1. The summed E-state index contributed by atoms with van der Waals surface area (Å²) in [5.74, 6) is -0.0306. The SMILES string of the molecule is C=C(Nc1cccc(F)c1OC)C1=C(NCc2ccncc2OCC(C)(C)N(C)C)CCNC1=O. The lowest BCUT2D eigenvalue weighted by Crippen LogP contribution is -2.43. The zero-order valence-corrected chi connectivity index (χ0v) is 21.0. The first kappa shape index (κ1) is 26.0. The molecule has 1 aromatic heterocycles. The Kier molecular flexibility index (Phi) is 8.34. The van der Waals surface area contributed by atoms with Crippen LogP contribution >= 0.6 is 0 Å². The number of benzene rings is 1. The summed E-state index contributed by atoms with van der Waals surface area (Å²) in [6, 6.07) is 6.42. The van der Waals surface area contributed by atoms with Gasteiger partial charge in [-0.15, -0.1) is 0 Å². The second-order valence-electron chi connectivity index (χ2n) is 9.12. The van der Waals surface area contributed by atoms with Crippen molar-refractivity contribution in [2.24, 2.45) is 0 Å². The molecule has 0 unspecified atom stereocenters. The number of para-hydroxylation sites is 1. The molecule has 9 heteroatoms. The molecule has 0 atom stereocenters. The minimum atomic E-state index is -0.506. The summed E-state index contributed by atoms with van der Waals surface area (Å²) < 4.78 is 25.4. The predicted molar refractivity (Wildman–Crippen MR) is 135 cm³/mol. The molecule has 1 amide bonds. The third-order valence-corrected chi connectivity index (χ3v) is 6.10. The number of hydrogen-bond donors (Lipinski definition) is 3. The second-order valence-corrected chi connectivity index (χ2v) is 9.12. The van der Waals surface area contributed by atoms with Gasteiger partial charge in [0.2, 0.25) is 0 Å². The number of nitrogens with zero attached hydrogens (tertiary/aromatic N) is 2. The van der Waals surface area contributed by atoms with Gasteiger partial charge < -0.3 is 30.3 Å². The maximum Gasteiger partial charge on any atom is 0.255 e. The molecule has 8 nitrogen and oxygen atoms in total. The number of carbonyl (C=O) groups excluding carboxylic acids is 1. The fourth-order valence-electron chi connectivity index (χ4n) is 3.46. The lowest BCUT2D eigenvalue weighted by Gasteiger charge is -2.32. The fraction of sp³-hybridized carbons (Fsp3) is 0.385. The van der Waals surface area contributed by atoms with Gasteiger partial charge in [0.05, 0.1) is 24.6 Å². The van der Waals surface area contributed by atoms with E-state index in [2.05, 4.69) is 46.3 Å². The van der Waals surface area contributed by atoms with Gasteiger partial charge in [-0.1, -0.05) is 12.6 Å². The standard InChI is InChI=1S/C26H34FN5O3/c1-17(31-21-9-7-8-19(27)24(21)34-6)23-20(11-13-29-25(23)33)30-14-18-10-12-28-15-22(18)35-16-26(2,3)32(4)5/h7-10,12,15,30-31H,1,11,13-14,16H2,2-6H3,(H,29,33). The number of anilines is 1. The van der Waals surface area contributed by atoms with Crippen molar-refractivity contribution in [3.8, 4) is 11.5 Å². The van der Waals surface area contributed by atoms with Gasteiger partial charge in [0.1, 0.15) is 12.4 Å². The molecule has 0 aliphatic carbocycles. The van der Waals surface area contributed by atoms with E-state index in [-0.39, 0.29) is 17.2 Å². The Morgan fingerprint density at radius 1 is 1.31 bits per heavy atom. The van der Waals surface area contributed by atoms with Gasteiger partial charge in [-0.2, -0.15) is 0 Å². The molecule has 3 rings (SSSR count). The molecular weight excluding hydrogens is 449 g/mol. The average Bonchev–Trinajstić information content (AvgIpc) is 2.82. The van der Waals surface area contributed by atoms with E-state index >= 15 is 0 Å². The molecule has 0 spiro atoms. The van der Waals surface area contributed by atoms with E-state index in [1.54, 1.807) is 24.5 Å². The fourth-order valence-corrected chi connectivity index (χ4v) is 3.46. The Labute approximate surface area is 206 Å². The van der Waals surface area contributed by atoms with Crippen LogP contribution in [-0.4, -0.2) is 55.7 Å². The van der Waals surface area contributed by atoms with E-state index in [1.165, 1.54) is 13.2 Å². The molecule has 1 aliphatic heterocycles. The molecule has 0 saturated carbocycles. The second kappa shape index (κ2) is 11.2. The summed E-state index contributed by atoms with van der Waals surface area (Å²) >= 11 is 0. The number of ether oxygens (including phenoxy) is 2. The maximum atomic E-state index is 14.1. The highest BCUT2D eigenvalue weighted by molar-refractivity contribution is 6.00. The maximum absolute atomic E-state index is 14.1. The molecule has 3 N–H and O–H groups in total. The van der Waals surface area contributed by atoms with Crippen molar-refractivity contribution in [3.05, 3.63) is 71.6 Å². The zero-order chi connectivity index (χ0) is 25.6. The Hall–Kier alpha value is -3.59. The Bertz CT molecular complexity index is 1110. The molecule has 0 saturated heterocycles. The molecule has 1 aromatic carbocycles. The van der Waals surface area contributed by atoms with E-state index < -0.39 is 5.82 Å². The van der Waals surface area contributed by atoms with Crippen LogP contribution in [0.5, 0.6) is 11.5 Å². The number of aromatic nitrogens is 1. The molecule has 35 heavy (non-hydrogen) atoms. The van der Waals surface area contributed by atoms with Gasteiger partial charge in [-0.3, -0.25) is 9.78 Å². The zero-order valence-electron chi connectivity index (χ0n) is 21.0. The van der Waals surface area contributed by atoms with Crippen LogP contribution in [0.4, 0.5) is 10.1 Å². The summed E-state index contributed by atoms with van der Waals surface area (Å²) in [5.41, 5.74) is 2.60. The van der Waals surface area contributed by atoms with Crippen LogP contribution in [0.25, 0.3) is 0 Å². The quantitative estimate of drug-likeness (QED) is 0.451. The van der Waals surface area contributed by atoms with Crippen molar-refractivity contribution in [2.45, 2.75) is 32.4 Å². The van der Waals surface area contributed by atoms with Crippen LogP contribution in [0.3, 0.4) is 0 Å². The molecule has 188 valence electrons.